The van der Waals surface area contributed by atoms with Crippen molar-refractivity contribution in [1.82, 2.24) is 36.0 Å². The number of nitrogens with zero attached hydrogens (tertiary/aromatic N) is 3. The molecule has 9 amide bonds. The lowest BCUT2D eigenvalue weighted by Crippen LogP contribution is -2.54. The zero-order valence-electron chi connectivity index (χ0n) is 52.8. The molecule has 0 radical (unpaired) electrons. The number of Topliss-reactive ketones (excluding diaryl/α,β-unsaturated/α-hetero) is 2. The van der Waals surface area contributed by atoms with Gasteiger partial charge in [0, 0.05) is 84.5 Å². The van der Waals surface area contributed by atoms with E-state index in [0.29, 0.717) is 62.6 Å². The van der Waals surface area contributed by atoms with Gasteiger partial charge < -0.3 is 51.4 Å². The molecule has 1 unspecified atom stereocenters. The number of hydrogen-bond donors (Lipinski definition) is 6. The lowest BCUT2D eigenvalue weighted by molar-refractivity contribution is -0.148. The number of carboxylic acid groups (broad SMARTS) is 1. The predicted octanol–water partition coefficient (Wildman–Crippen LogP) is 5.50. The number of ether oxygens (including phenoxy) is 2. The third kappa shape index (κ3) is 21.5. The number of imide groups is 1. The van der Waals surface area contributed by atoms with E-state index in [9.17, 15) is 57.8 Å². The van der Waals surface area contributed by atoms with Crippen LogP contribution in [-0.2, 0) is 65.5 Å². The second-order valence-corrected chi connectivity index (χ2v) is 24.9. The molecular weight excluding hydrogens is 1140 g/mol. The average molecular weight is 1230 g/mol. The number of carboxylic acids is 1. The molecule has 4 rings (SSSR count). The number of hydrogen-bond acceptors (Lipinski definition) is 14. The molecule has 2 aromatic carbocycles. The number of unbranched alkanes of at least 4 members (excludes halogenated alkanes) is 2. The number of primary amides is 1. The van der Waals surface area contributed by atoms with Crippen LogP contribution in [0.2, 0.25) is 0 Å². The number of carbonyl (C=O) groups is 11. The van der Waals surface area contributed by atoms with Crippen LogP contribution >= 0.6 is 11.8 Å². The molecule has 2 heterocycles. The average Bonchev–Trinajstić information content (AvgIpc) is 2.44. The molecule has 2 aliphatic rings. The molecule has 2 aromatic rings. The molecule has 2 aliphatic heterocycles. The number of aliphatic carboxylic acids is 1. The molecule has 0 saturated carbocycles. The first-order chi connectivity index (χ1) is 41.3. The highest BCUT2D eigenvalue weighted by Gasteiger charge is 2.44. The molecule has 23 heteroatoms. The Morgan fingerprint density at radius 3 is 2.05 bits per heavy atom. The Morgan fingerprint density at radius 2 is 1.47 bits per heavy atom. The van der Waals surface area contributed by atoms with Gasteiger partial charge in [0.05, 0.1) is 47.9 Å². The highest BCUT2D eigenvalue weighted by atomic mass is 32.2. The maximum absolute atomic E-state index is 14.7. The van der Waals surface area contributed by atoms with Crippen LogP contribution < -0.4 is 27.0 Å². The minimum absolute atomic E-state index is 0.0872. The van der Waals surface area contributed by atoms with Crippen LogP contribution in [0.25, 0.3) is 0 Å². The van der Waals surface area contributed by atoms with Crippen molar-refractivity contribution in [1.29, 1.82) is 0 Å². The predicted molar refractivity (Wildman–Crippen MR) is 331 cm³/mol. The third-order valence-corrected chi connectivity index (χ3v) is 18.0. The molecule has 0 spiro atoms. The van der Waals surface area contributed by atoms with Crippen molar-refractivity contribution in [3.05, 3.63) is 71.3 Å². The number of thioether (sulfide) groups is 1. The Morgan fingerprint density at radius 1 is 0.805 bits per heavy atom. The Bertz CT molecular complexity index is 2660. The van der Waals surface area contributed by atoms with E-state index in [0.717, 1.165) is 5.56 Å². The molecular formula is C64H96N8O14S. The Labute approximate surface area is 517 Å². The van der Waals surface area contributed by atoms with Crippen LogP contribution in [0.5, 0.6) is 0 Å². The number of benzene rings is 2. The van der Waals surface area contributed by atoms with Crippen LogP contribution in [0.15, 0.2) is 54.6 Å². The topological polar surface area (TPSA) is 310 Å². The molecule has 11 atom stereocenters. The molecule has 0 aromatic heterocycles. The fraction of sp³-hybridized carbons (Fsp3) is 0.641. The highest BCUT2D eigenvalue weighted by Crippen LogP contribution is 2.32. The fourth-order valence-corrected chi connectivity index (χ4v) is 12.3. The van der Waals surface area contributed by atoms with Crippen molar-refractivity contribution < 1.29 is 67.3 Å². The van der Waals surface area contributed by atoms with Gasteiger partial charge in [-0.1, -0.05) is 116 Å². The SMILES string of the molecule is CC[C@H](C)[C@@H]([C@@H](CC(=O)N1CCC[C@H]1[C@H](OC)[C@@H](C)C(=O)N[C@@H](Cc1ccccc1)C(=O)O)OC)N(C)C(=O)[C@@H](CC(=O)c1ccc(CC(=O)[C@H](CCCNC(N)=O)NC(=O)[C@@H](NC(=O)CCCCCN2C(=O)CC(SC)C2=O)C(C)C)cc1)C(C)C. The zero-order chi connectivity index (χ0) is 64.7. The summed E-state index contributed by atoms with van der Waals surface area (Å²) in [5, 5.41) is 20.4. The first-order valence-electron chi connectivity index (χ1n) is 30.6. The normalized spacial score (nSPS) is 18.2. The van der Waals surface area contributed by atoms with E-state index >= 15 is 0 Å². The number of nitrogens with one attached hydrogen (secondary N) is 4. The largest absolute Gasteiger partial charge is 0.480 e. The summed E-state index contributed by atoms with van der Waals surface area (Å²) in [4.78, 5) is 151. The molecule has 22 nitrogen and oxygen atoms in total. The summed E-state index contributed by atoms with van der Waals surface area (Å²) < 4.78 is 12.0. The fourth-order valence-electron chi connectivity index (χ4n) is 11.7. The first kappa shape index (κ1) is 72.8. The van der Waals surface area contributed by atoms with Gasteiger partial charge in [0.2, 0.25) is 41.4 Å². The van der Waals surface area contributed by atoms with Gasteiger partial charge in [-0.05, 0) is 73.7 Å². The zero-order valence-corrected chi connectivity index (χ0v) is 53.6. The summed E-state index contributed by atoms with van der Waals surface area (Å²) in [5.74, 6) is -6.56. The van der Waals surface area contributed by atoms with Crippen LogP contribution in [0, 0.1) is 29.6 Å². The number of rotatable bonds is 38. The quantitative estimate of drug-likeness (QED) is 0.0275. The molecule has 482 valence electrons. The van der Waals surface area contributed by atoms with Crippen molar-refractivity contribution in [2.24, 2.45) is 35.3 Å². The van der Waals surface area contributed by atoms with E-state index < -0.39 is 78.1 Å². The summed E-state index contributed by atoms with van der Waals surface area (Å²) in [6, 6.07) is 10.5. The van der Waals surface area contributed by atoms with Crippen molar-refractivity contribution in [2.45, 2.75) is 186 Å². The maximum Gasteiger partial charge on any atom is 0.326 e. The lowest BCUT2D eigenvalue weighted by Gasteiger charge is -2.40. The number of amides is 9. The van der Waals surface area contributed by atoms with Crippen molar-refractivity contribution in [3.8, 4) is 0 Å². The number of urea groups is 1. The van der Waals surface area contributed by atoms with Crippen LogP contribution in [0.4, 0.5) is 4.79 Å². The van der Waals surface area contributed by atoms with Crippen LogP contribution in [-0.4, -0.2) is 180 Å². The van der Waals surface area contributed by atoms with E-state index in [4.69, 9.17) is 15.2 Å². The van der Waals surface area contributed by atoms with Gasteiger partial charge in [-0.25, -0.2) is 9.59 Å². The van der Waals surface area contributed by atoms with Gasteiger partial charge in [0.15, 0.2) is 11.6 Å². The number of ketones is 2. The molecule has 2 fully saturated rings. The van der Waals surface area contributed by atoms with Crippen molar-refractivity contribution >= 4 is 76.7 Å². The second kappa shape index (κ2) is 35.9. The summed E-state index contributed by atoms with van der Waals surface area (Å²) >= 11 is 1.35. The van der Waals surface area contributed by atoms with Gasteiger partial charge in [-0.3, -0.25) is 48.1 Å². The van der Waals surface area contributed by atoms with Crippen molar-refractivity contribution in [3.63, 3.8) is 0 Å². The van der Waals surface area contributed by atoms with Gasteiger partial charge >= 0.3 is 12.0 Å². The number of likely N-dealkylation sites (N-methyl/N-ethyl adjacent to an activating group) is 1. The monoisotopic (exact) mass is 1230 g/mol. The molecule has 7 N–H and O–H groups in total. The lowest BCUT2D eigenvalue weighted by atomic mass is 9.85. The Hall–Kier alpha value is -6.72. The van der Waals surface area contributed by atoms with Crippen LogP contribution in [0.3, 0.4) is 0 Å². The molecule has 87 heavy (non-hydrogen) atoms. The van der Waals surface area contributed by atoms with Gasteiger partial charge in [0.1, 0.15) is 12.1 Å². The van der Waals surface area contributed by atoms with Gasteiger partial charge in [0.25, 0.3) is 0 Å². The Balaban J connectivity index is 1.40. The molecule has 0 aliphatic carbocycles. The van der Waals surface area contributed by atoms with E-state index in [1.165, 1.54) is 30.9 Å². The Kier molecular flexibility index (Phi) is 30.0. The van der Waals surface area contributed by atoms with Gasteiger partial charge in [-0.15, -0.1) is 0 Å². The first-order valence-corrected chi connectivity index (χ1v) is 31.9. The van der Waals surface area contributed by atoms with E-state index in [-0.39, 0.29) is 122 Å². The smallest absolute Gasteiger partial charge is 0.326 e. The summed E-state index contributed by atoms with van der Waals surface area (Å²) in [5.41, 5.74) is 6.89. The molecule has 2 saturated heterocycles. The summed E-state index contributed by atoms with van der Waals surface area (Å²) in [7, 11) is 4.64. The summed E-state index contributed by atoms with van der Waals surface area (Å²) in [6.45, 7) is 13.7. The minimum Gasteiger partial charge on any atom is -0.480 e. The maximum atomic E-state index is 14.7. The number of likely N-dealkylation sites (tertiary alicyclic amines) is 2. The standard InChI is InChI=1S/C64H96N8O14S/c1-12-40(6)57(51(85-9)36-54(76)71-32-20-24-48(71)58(86-10)41(7)59(78)68-47(63(82)83)33-42-21-15-13-16-22-42)70(8)61(80)45(38(2)3)35-49(73)44-28-26-43(27-29-44)34-50(74)46(23-19-30-66-64(65)84)67-60(79)56(39(4)5)69-53(75)25-17-14-18-31-72-55(77)37-52(87-11)62(72)81/h13,15-16,21-22,26-29,38-41,45-48,51-52,56-58H,12,14,17-20,23-25,30-37H2,1-11H3,(H,67,79)(H,68,78)(H,69,75)(H,82,83)(H3,65,66,84)/t40-,41+,45-,46-,47-,48-,51+,52?,56-,57-,58+/m0/s1. The van der Waals surface area contributed by atoms with Gasteiger partial charge in [-0.2, -0.15) is 11.8 Å². The second-order valence-electron chi connectivity index (χ2n) is 23.9. The number of nitrogens with two attached hydrogens (primary N) is 1. The number of carbonyl (C=O) groups excluding carboxylic acids is 10. The van der Waals surface area contributed by atoms with Crippen LogP contribution in [0.1, 0.15) is 147 Å². The summed E-state index contributed by atoms with van der Waals surface area (Å²) in [6.07, 6.45) is 4.16. The number of methoxy groups -OCH3 is 2. The van der Waals surface area contributed by atoms with E-state index in [1.807, 2.05) is 33.8 Å². The third-order valence-electron chi connectivity index (χ3n) is 17.0. The van der Waals surface area contributed by atoms with E-state index in [1.54, 1.807) is 92.4 Å². The highest BCUT2D eigenvalue weighted by molar-refractivity contribution is 8.00. The minimum atomic E-state index is -1.18. The van der Waals surface area contributed by atoms with Crippen molar-refractivity contribution in [2.75, 3.05) is 47.2 Å². The van der Waals surface area contributed by atoms with E-state index in [2.05, 4.69) is 21.3 Å². The molecule has 0 bridgehead atoms.